The van der Waals surface area contributed by atoms with Gasteiger partial charge in [-0.15, -0.1) is 0 Å². The van der Waals surface area contributed by atoms with Crippen LogP contribution in [0.2, 0.25) is 0 Å². The Labute approximate surface area is 145 Å². The van der Waals surface area contributed by atoms with E-state index >= 15 is 0 Å². The predicted octanol–water partition coefficient (Wildman–Crippen LogP) is 2.96. The van der Waals surface area contributed by atoms with Gasteiger partial charge in [0, 0.05) is 29.3 Å². The Kier molecular flexibility index (Phi) is 4.79. The molecule has 0 aliphatic rings. The Hall–Kier alpha value is -3.55. The fourth-order valence-corrected chi connectivity index (χ4v) is 2.22. The summed E-state index contributed by atoms with van der Waals surface area (Å²) < 4.78 is 0. The average Bonchev–Trinajstić information content (AvgIpc) is 2.55. The highest BCUT2D eigenvalue weighted by Crippen LogP contribution is 2.20. The van der Waals surface area contributed by atoms with Gasteiger partial charge in [0.1, 0.15) is 0 Å². The minimum atomic E-state index is 0.406. The molecule has 2 aromatic carbocycles. The number of aromatic nitrogens is 3. The van der Waals surface area contributed by atoms with Crippen LogP contribution in [0.5, 0.6) is 0 Å². The van der Waals surface area contributed by atoms with E-state index in [1.807, 2.05) is 55.5 Å². The van der Waals surface area contributed by atoms with Crippen molar-refractivity contribution in [2.45, 2.75) is 6.92 Å². The van der Waals surface area contributed by atoms with Crippen molar-refractivity contribution in [3.8, 4) is 0 Å². The van der Waals surface area contributed by atoms with Crippen molar-refractivity contribution in [2.75, 3.05) is 34.0 Å². The van der Waals surface area contributed by atoms with Crippen LogP contribution in [-0.4, -0.2) is 21.5 Å². The first-order chi connectivity index (χ1) is 12.1. The maximum atomic E-state index is 5.81. The van der Waals surface area contributed by atoms with Crippen LogP contribution in [0.15, 0.2) is 48.5 Å². The molecule has 0 saturated carbocycles. The van der Waals surface area contributed by atoms with Gasteiger partial charge in [-0.05, 0) is 43.3 Å². The summed E-state index contributed by atoms with van der Waals surface area (Å²) in [4.78, 5) is 13.1. The minimum absolute atomic E-state index is 0.406. The molecule has 7 N–H and O–H groups in total. The lowest BCUT2D eigenvalue weighted by Gasteiger charge is -2.11. The van der Waals surface area contributed by atoms with E-state index in [1.165, 1.54) is 0 Å². The quantitative estimate of drug-likeness (QED) is 0.435. The summed E-state index contributed by atoms with van der Waals surface area (Å²) in [6.45, 7) is 2.67. The van der Waals surface area contributed by atoms with Crippen LogP contribution in [-0.2, 0) is 0 Å². The largest absolute Gasteiger partial charge is 0.399 e. The number of hydrogen-bond acceptors (Lipinski definition) is 8. The highest BCUT2D eigenvalue weighted by Gasteiger charge is 2.07. The molecular weight excluding hydrogens is 316 g/mol. The van der Waals surface area contributed by atoms with Gasteiger partial charge in [0.25, 0.3) is 0 Å². The van der Waals surface area contributed by atoms with Crippen molar-refractivity contribution in [3.63, 3.8) is 0 Å². The van der Waals surface area contributed by atoms with Gasteiger partial charge >= 0.3 is 0 Å². The highest BCUT2D eigenvalue weighted by molar-refractivity contribution is 5.63. The van der Waals surface area contributed by atoms with Gasteiger partial charge in [0.05, 0.1) is 0 Å². The Morgan fingerprint density at radius 1 is 0.760 bits per heavy atom. The van der Waals surface area contributed by atoms with Gasteiger partial charge in [-0.2, -0.15) is 15.0 Å². The monoisotopic (exact) mass is 336 g/mol. The predicted molar refractivity (Wildman–Crippen MR) is 102 cm³/mol. The number of hydrogen-bond donors (Lipinski definition) is 5. The molecule has 0 saturated heterocycles. The van der Waals surface area contributed by atoms with Crippen LogP contribution >= 0.6 is 0 Å². The van der Waals surface area contributed by atoms with Gasteiger partial charge in [-0.3, -0.25) is 0 Å². The van der Waals surface area contributed by atoms with Gasteiger partial charge in [-0.25, -0.2) is 0 Å². The normalized spacial score (nSPS) is 10.3. The van der Waals surface area contributed by atoms with Crippen molar-refractivity contribution in [2.24, 2.45) is 0 Å². The van der Waals surface area contributed by atoms with Crippen molar-refractivity contribution < 1.29 is 0 Å². The van der Waals surface area contributed by atoms with E-state index < -0.39 is 0 Å². The Bertz CT molecular complexity index is 799. The molecule has 3 aromatic rings. The minimum Gasteiger partial charge on any atom is -0.399 e. The van der Waals surface area contributed by atoms with Crippen molar-refractivity contribution in [1.82, 2.24) is 15.0 Å². The molecule has 25 heavy (non-hydrogen) atoms. The fourth-order valence-electron chi connectivity index (χ4n) is 2.22. The summed E-state index contributed by atoms with van der Waals surface area (Å²) in [5, 5.41) is 9.36. The van der Waals surface area contributed by atoms with E-state index in [2.05, 4.69) is 30.9 Å². The molecule has 8 heteroatoms. The van der Waals surface area contributed by atoms with Crippen LogP contribution in [0.4, 0.5) is 40.6 Å². The zero-order chi connectivity index (χ0) is 17.6. The molecule has 1 heterocycles. The van der Waals surface area contributed by atoms with E-state index in [0.717, 1.165) is 11.4 Å². The molecule has 0 amide bonds. The molecule has 8 nitrogen and oxygen atoms in total. The van der Waals surface area contributed by atoms with Crippen molar-refractivity contribution in [1.29, 1.82) is 0 Å². The second-order valence-corrected chi connectivity index (χ2v) is 5.34. The molecule has 0 spiro atoms. The zero-order valence-electron chi connectivity index (χ0n) is 13.8. The van der Waals surface area contributed by atoms with Crippen LogP contribution in [0.3, 0.4) is 0 Å². The number of nitrogens with zero attached hydrogens (tertiary/aromatic N) is 3. The summed E-state index contributed by atoms with van der Waals surface area (Å²) in [5.41, 5.74) is 14.5. The fraction of sp³-hybridized carbons (Fsp3) is 0.118. The number of nitrogen functional groups attached to an aromatic ring is 2. The summed E-state index contributed by atoms with van der Waals surface area (Å²) in [6.07, 6.45) is 0. The van der Waals surface area contributed by atoms with E-state index in [0.29, 0.717) is 35.8 Å². The van der Waals surface area contributed by atoms with Gasteiger partial charge in [0.2, 0.25) is 17.8 Å². The number of anilines is 7. The van der Waals surface area contributed by atoms with E-state index in [4.69, 9.17) is 11.5 Å². The molecule has 0 aliphatic heterocycles. The van der Waals surface area contributed by atoms with Crippen molar-refractivity contribution >= 4 is 40.6 Å². The first-order valence-corrected chi connectivity index (χ1v) is 7.87. The van der Waals surface area contributed by atoms with Gasteiger partial charge in [-0.1, -0.05) is 12.1 Å². The third-order valence-electron chi connectivity index (χ3n) is 3.26. The summed E-state index contributed by atoms with van der Waals surface area (Å²) in [6, 6.07) is 14.7. The summed E-state index contributed by atoms with van der Waals surface area (Å²) >= 11 is 0. The molecule has 0 atom stereocenters. The first-order valence-electron chi connectivity index (χ1n) is 7.87. The molecule has 0 radical (unpaired) electrons. The SMILES string of the molecule is CCNc1nc(Nc2cccc(N)c2)nc(Nc2cccc(N)c2)n1. The zero-order valence-corrected chi connectivity index (χ0v) is 13.8. The summed E-state index contributed by atoms with van der Waals surface area (Å²) in [5.74, 6) is 1.28. The molecule has 1 aromatic heterocycles. The van der Waals surface area contributed by atoms with Crippen LogP contribution < -0.4 is 27.4 Å². The lowest BCUT2D eigenvalue weighted by molar-refractivity contribution is 1.03. The molecule has 0 bridgehead atoms. The Morgan fingerprint density at radius 2 is 1.24 bits per heavy atom. The molecule has 0 fully saturated rings. The van der Waals surface area contributed by atoms with Gasteiger partial charge < -0.3 is 27.4 Å². The number of nitrogens with one attached hydrogen (secondary N) is 3. The third kappa shape index (κ3) is 4.47. The van der Waals surface area contributed by atoms with Crippen LogP contribution in [0.1, 0.15) is 6.92 Å². The average molecular weight is 336 g/mol. The second kappa shape index (κ2) is 7.35. The van der Waals surface area contributed by atoms with Crippen LogP contribution in [0.25, 0.3) is 0 Å². The molecule has 0 unspecified atom stereocenters. The molecule has 3 rings (SSSR count). The highest BCUT2D eigenvalue weighted by atomic mass is 15.3. The third-order valence-corrected chi connectivity index (χ3v) is 3.26. The standard InChI is InChI=1S/C17H20N8/c1-2-20-15-23-16(21-13-7-3-5-11(18)9-13)25-17(24-15)22-14-8-4-6-12(19)10-14/h3-10H,2,18-19H2,1H3,(H3,20,21,22,23,24,25). The lowest BCUT2D eigenvalue weighted by Crippen LogP contribution is -2.09. The summed E-state index contributed by atoms with van der Waals surface area (Å²) in [7, 11) is 0. The van der Waals surface area contributed by atoms with E-state index in [-0.39, 0.29) is 0 Å². The topological polar surface area (TPSA) is 127 Å². The molecule has 0 aliphatic carbocycles. The lowest BCUT2D eigenvalue weighted by atomic mass is 10.3. The number of rotatable bonds is 6. The second-order valence-electron chi connectivity index (χ2n) is 5.34. The van der Waals surface area contributed by atoms with E-state index in [1.54, 1.807) is 0 Å². The molecule has 128 valence electrons. The van der Waals surface area contributed by atoms with E-state index in [9.17, 15) is 0 Å². The Morgan fingerprint density at radius 3 is 1.68 bits per heavy atom. The maximum Gasteiger partial charge on any atom is 0.233 e. The van der Waals surface area contributed by atoms with Crippen molar-refractivity contribution in [3.05, 3.63) is 48.5 Å². The number of benzene rings is 2. The van der Waals surface area contributed by atoms with Gasteiger partial charge in [0.15, 0.2) is 0 Å². The Balaban J connectivity index is 1.88. The number of nitrogens with two attached hydrogens (primary N) is 2. The van der Waals surface area contributed by atoms with Crippen LogP contribution in [0, 0.1) is 0 Å². The molecular formula is C17H20N8. The first kappa shape index (κ1) is 16.3. The smallest absolute Gasteiger partial charge is 0.233 e. The maximum absolute atomic E-state index is 5.81.